The average Bonchev–Trinajstić information content (AvgIpc) is 2.64. The normalized spacial score (nSPS) is 11.1. The van der Waals surface area contributed by atoms with E-state index in [-0.39, 0.29) is 4.90 Å². The number of pyridine rings is 1. The van der Waals surface area contributed by atoms with Crippen LogP contribution in [-0.4, -0.2) is 19.9 Å². The van der Waals surface area contributed by atoms with Gasteiger partial charge < -0.3 is 5.32 Å². The number of aromatic nitrogens is 1. The Morgan fingerprint density at radius 3 is 2.46 bits per heavy atom. The summed E-state index contributed by atoms with van der Waals surface area (Å²) in [5.41, 5.74) is 1.63. The fraction of sp³-hybridized carbons (Fsp3) is 0.105. The second-order valence-corrected chi connectivity index (χ2v) is 7.78. The molecule has 3 aromatic rings. The SMILES string of the molecule is O=S(=O)(Nc1ccc(NCCc2ccccc2)nc1)c1cccc(Cl)c1. The van der Waals surface area contributed by atoms with Crippen molar-refractivity contribution < 1.29 is 8.42 Å². The maximum absolute atomic E-state index is 12.4. The number of anilines is 2. The molecule has 0 aliphatic rings. The first kappa shape index (κ1) is 18.2. The molecule has 2 N–H and O–H groups in total. The number of rotatable bonds is 7. The number of benzene rings is 2. The summed E-state index contributed by atoms with van der Waals surface area (Å²) < 4.78 is 27.2. The van der Waals surface area contributed by atoms with Gasteiger partial charge in [-0.05, 0) is 42.3 Å². The zero-order chi connectivity index (χ0) is 18.4. The molecule has 134 valence electrons. The summed E-state index contributed by atoms with van der Waals surface area (Å²) in [6.07, 6.45) is 2.36. The van der Waals surface area contributed by atoms with E-state index in [1.54, 1.807) is 24.3 Å². The van der Waals surface area contributed by atoms with Crippen LogP contribution >= 0.6 is 11.6 Å². The van der Waals surface area contributed by atoms with Crippen LogP contribution in [0.2, 0.25) is 5.02 Å². The van der Waals surface area contributed by atoms with Crippen LogP contribution in [-0.2, 0) is 16.4 Å². The molecule has 7 heteroatoms. The smallest absolute Gasteiger partial charge is 0.261 e. The molecule has 0 spiro atoms. The van der Waals surface area contributed by atoms with E-state index in [0.29, 0.717) is 16.5 Å². The van der Waals surface area contributed by atoms with Crippen molar-refractivity contribution in [1.82, 2.24) is 4.98 Å². The molecule has 0 aliphatic heterocycles. The van der Waals surface area contributed by atoms with Crippen LogP contribution in [0.25, 0.3) is 0 Å². The van der Waals surface area contributed by atoms with Gasteiger partial charge in [0.25, 0.3) is 10.0 Å². The third-order valence-corrected chi connectivity index (χ3v) is 5.30. The predicted molar refractivity (Wildman–Crippen MR) is 105 cm³/mol. The number of nitrogens with one attached hydrogen (secondary N) is 2. The van der Waals surface area contributed by atoms with Gasteiger partial charge in [0.2, 0.25) is 0 Å². The third-order valence-electron chi connectivity index (χ3n) is 3.68. The highest BCUT2D eigenvalue weighted by molar-refractivity contribution is 7.92. The van der Waals surface area contributed by atoms with Crippen molar-refractivity contribution in [2.45, 2.75) is 11.3 Å². The van der Waals surface area contributed by atoms with Crippen molar-refractivity contribution in [2.24, 2.45) is 0 Å². The van der Waals surface area contributed by atoms with Gasteiger partial charge in [-0.1, -0.05) is 48.0 Å². The van der Waals surface area contributed by atoms with E-state index in [2.05, 4.69) is 27.2 Å². The second kappa shape index (κ2) is 8.21. The van der Waals surface area contributed by atoms with Crippen molar-refractivity contribution in [3.05, 3.63) is 83.5 Å². The summed E-state index contributed by atoms with van der Waals surface area (Å²) in [5, 5.41) is 3.58. The largest absolute Gasteiger partial charge is 0.370 e. The molecule has 0 saturated carbocycles. The number of hydrogen-bond acceptors (Lipinski definition) is 4. The molecular weight excluding hydrogens is 370 g/mol. The van der Waals surface area contributed by atoms with Crippen molar-refractivity contribution in [1.29, 1.82) is 0 Å². The summed E-state index contributed by atoms with van der Waals surface area (Å²) in [7, 11) is -3.70. The average molecular weight is 388 g/mol. The molecule has 0 atom stereocenters. The number of sulfonamides is 1. The number of hydrogen-bond donors (Lipinski definition) is 2. The van der Waals surface area contributed by atoms with E-state index in [9.17, 15) is 8.42 Å². The lowest BCUT2D eigenvalue weighted by molar-refractivity contribution is 0.601. The molecule has 5 nitrogen and oxygen atoms in total. The van der Waals surface area contributed by atoms with E-state index in [4.69, 9.17) is 11.6 Å². The van der Waals surface area contributed by atoms with E-state index in [1.807, 2.05) is 18.2 Å². The molecule has 0 bridgehead atoms. The van der Waals surface area contributed by atoms with Gasteiger partial charge >= 0.3 is 0 Å². The Balaban J connectivity index is 1.59. The molecule has 0 aliphatic carbocycles. The van der Waals surface area contributed by atoms with Crippen LogP contribution in [0.4, 0.5) is 11.5 Å². The molecule has 2 aromatic carbocycles. The topological polar surface area (TPSA) is 71.1 Å². The van der Waals surface area contributed by atoms with Crippen molar-refractivity contribution in [2.75, 3.05) is 16.6 Å². The summed E-state index contributed by atoms with van der Waals surface area (Å²) >= 11 is 5.85. The Morgan fingerprint density at radius 2 is 1.77 bits per heavy atom. The van der Waals surface area contributed by atoms with E-state index < -0.39 is 10.0 Å². The Hall–Kier alpha value is -2.57. The Kier molecular flexibility index (Phi) is 5.75. The van der Waals surface area contributed by atoms with Crippen molar-refractivity contribution in [3.63, 3.8) is 0 Å². The summed E-state index contributed by atoms with van der Waals surface area (Å²) in [4.78, 5) is 4.35. The summed E-state index contributed by atoms with van der Waals surface area (Å²) in [6.45, 7) is 0.741. The molecule has 0 amide bonds. The van der Waals surface area contributed by atoms with E-state index in [1.165, 1.54) is 23.9 Å². The monoisotopic (exact) mass is 387 g/mol. The summed E-state index contributed by atoms with van der Waals surface area (Å²) in [6, 6.07) is 19.7. The second-order valence-electron chi connectivity index (χ2n) is 5.66. The Labute approximate surface area is 158 Å². The maximum Gasteiger partial charge on any atom is 0.261 e. The van der Waals surface area contributed by atoms with Crippen LogP contribution in [0.1, 0.15) is 5.56 Å². The minimum Gasteiger partial charge on any atom is -0.370 e. The van der Waals surface area contributed by atoms with Crippen molar-refractivity contribution >= 4 is 33.1 Å². The van der Waals surface area contributed by atoms with Gasteiger partial charge in [0.1, 0.15) is 5.82 Å². The van der Waals surface area contributed by atoms with Crippen LogP contribution < -0.4 is 10.0 Å². The fourth-order valence-electron chi connectivity index (χ4n) is 2.39. The molecular formula is C19H18ClN3O2S. The van der Waals surface area contributed by atoms with Gasteiger partial charge in [0.05, 0.1) is 16.8 Å². The first-order valence-electron chi connectivity index (χ1n) is 8.05. The Bertz CT molecular complexity index is 962. The van der Waals surface area contributed by atoms with Gasteiger partial charge in [-0.3, -0.25) is 4.72 Å². The Morgan fingerprint density at radius 1 is 0.962 bits per heavy atom. The minimum atomic E-state index is -3.70. The first-order chi connectivity index (χ1) is 12.5. The van der Waals surface area contributed by atoms with Crippen LogP contribution in [0.3, 0.4) is 0 Å². The molecule has 26 heavy (non-hydrogen) atoms. The highest BCUT2D eigenvalue weighted by atomic mass is 35.5. The summed E-state index contributed by atoms with van der Waals surface area (Å²) in [5.74, 6) is 0.687. The lowest BCUT2D eigenvalue weighted by Crippen LogP contribution is -2.13. The molecule has 0 radical (unpaired) electrons. The van der Waals surface area contributed by atoms with Crippen molar-refractivity contribution in [3.8, 4) is 0 Å². The zero-order valence-electron chi connectivity index (χ0n) is 13.9. The zero-order valence-corrected chi connectivity index (χ0v) is 15.5. The standard InChI is InChI=1S/C19H18ClN3O2S/c20-16-7-4-8-18(13-16)26(24,25)23-17-9-10-19(22-14-17)21-12-11-15-5-2-1-3-6-15/h1-10,13-14,23H,11-12H2,(H,21,22). The molecule has 1 heterocycles. The minimum absolute atomic E-state index is 0.107. The van der Waals surface area contributed by atoms with Crippen LogP contribution in [0, 0.1) is 0 Å². The lowest BCUT2D eigenvalue weighted by Gasteiger charge is -2.10. The van der Waals surface area contributed by atoms with Gasteiger partial charge in [-0.2, -0.15) is 0 Å². The maximum atomic E-state index is 12.4. The highest BCUT2D eigenvalue weighted by Crippen LogP contribution is 2.19. The molecule has 0 unspecified atom stereocenters. The fourth-order valence-corrected chi connectivity index (χ4v) is 3.73. The predicted octanol–water partition coefficient (Wildman–Crippen LogP) is 4.19. The van der Waals surface area contributed by atoms with E-state index in [0.717, 1.165) is 13.0 Å². The third kappa shape index (κ3) is 4.97. The molecule has 0 fully saturated rings. The van der Waals surface area contributed by atoms with Crippen LogP contribution in [0.15, 0.2) is 77.8 Å². The molecule has 1 aromatic heterocycles. The highest BCUT2D eigenvalue weighted by Gasteiger charge is 2.14. The van der Waals surface area contributed by atoms with Gasteiger partial charge in [0, 0.05) is 11.6 Å². The quantitative estimate of drug-likeness (QED) is 0.637. The van der Waals surface area contributed by atoms with E-state index >= 15 is 0 Å². The van der Waals surface area contributed by atoms with Gasteiger partial charge in [-0.15, -0.1) is 0 Å². The molecule has 3 rings (SSSR count). The first-order valence-corrected chi connectivity index (χ1v) is 9.91. The number of halogens is 1. The van der Waals surface area contributed by atoms with Crippen LogP contribution in [0.5, 0.6) is 0 Å². The molecule has 0 saturated heterocycles. The van der Waals surface area contributed by atoms with Gasteiger partial charge in [0.15, 0.2) is 0 Å². The number of nitrogens with zero attached hydrogens (tertiary/aromatic N) is 1. The van der Waals surface area contributed by atoms with Gasteiger partial charge in [-0.25, -0.2) is 13.4 Å². The lowest BCUT2D eigenvalue weighted by atomic mass is 10.1.